The second kappa shape index (κ2) is 11.3. The normalized spacial score (nSPS) is 18.0. The molecule has 0 amide bonds. The van der Waals surface area contributed by atoms with Crippen LogP contribution in [-0.4, -0.2) is 65.7 Å². The van der Waals surface area contributed by atoms with Gasteiger partial charge < -0.3 is 15.0 Å². The van der Waals surface area contributed by atoms with Crippen LogP contribution in [0, 0.1) is 5.92 Å². The Hall–Kier alpha value is -0.430. The third-order valence-corrected chi connectivity index (χ3v) is 6.54. The number of nitrogens with one attached hydrogen (secondary N) is 2. The van der Waals surface area contributed by atoms with Gasteiger partial charge in [0, 0.05) is 39.2 Å². The summed E-state index contributed by atoms with van der Waals surface area (Å²) in [6.45, 7) is 5.95. The topological polar surface area (TPSA) is 83.0 Å². The molecule has 144 valence electrons. The number of rotatable bonds is 8. The standard InChI is InChI=1S/C15H26N4O3S2.HI/c1-3-16-15(19(2)11-13-6-9-22-12-13)17-7-8-18-24(20,21)14-5-4-10-23-14;/h4-5,10,13,18H,3,6-9,11-12H2,1-2H3,(H,16,17);1H. The van der Waals surface area contributed by atoms with Crippen LogP contribution >= 0.6 is 35.3 Å². The fraction of sp³-hybridized carbons (Fsp3) is 0.667. The molecule has 0 bridgehead atoms. The molecule has 0 spiro atoms. The van der Waals surface area contributed by atoms with E-state index in [9.17, 15) is 8.42 Å². The molecule has 1 unspecified atom stereocenters. The summed E-state index contributed by atoms with van der Waals surface area (Å²) in [6, 6.07) is 3.32. The van der Waals surface area contributed by atoms with Gasteiger partial charge in [-0.05, 0) is 24.8 Å². The minimum Gasteiger partial charge on any atom is -0.381 e. The van der Waals surface area contributed by atoms with Crippen molar-refractivity contribution in [2.45, 2.75) is 17.6 Å². The average molecular weight is 502 g/mol. The molecule has 0 aliphatic carbocycles. The van der Waals surface area contributed by atoms with Crippen molar-refractivity contribution in [3.8, 4) is 0 Å². The van der Waals surface area contributed by atoms with Gasteiger partial charge in [-0.2, -0.15) is 0 Å². The van der Waals surface area contributed by atoms with E-state index in [-0.39, 0.29) is 30.5 Å². The smallest absolute Gasteiger partial charge is 0.250 e. The van der Waals surface area contributed by atoms with Gasteiger partial charge >= 0.3 is 0 Å². The van der Waals surface area contributed by atoms with Crippen molar-refractivity contribution in [2.24, 2.45) is 10.9 Å². The highest BCUT2D eigenvalue weighted by Crippen LogP contribution is 2.15. The summed E-state index contributed by atoms with van der Waals surface area (Å²) in [4.78, 5) is 6.59. The molecule has 1 aliphatic rings. The molecule has 0 radical (unpaired) electrons. The Morgan fingerprint density at radius 3 is 2.92 bits per heavy atom. The van der Waals surface area contributed by atoms with Crippen LogP contribution in [0.25, 0.3) is 0 Å². The fourth-order valence-corrected chi connectivity index (χ4v) is 4.56. The summed E-state index contributed by atoms with van der Waals surface area (Å²) in [5.41, 5.74) is 0. The maximum atomic E-state index is 12.0. The molecular formula is C15H27IN4O3S2. The Bertz CT molecular complexity index is 617. The lowest BCUT2D eigenvalue weighted by Crippen LogP contribution is -2.42. The van der Waals surface area contributed by atoms with Crippen molar-refractivity contribution in [1.29, 1.82) is 0 Å². The van der Waals surface area contributed by atoms with Gasteiger partial charge in [-0.15, -0.1) is 35.3 Å². The lowest BCUT2D eigenvalue weighted by molar-refractivity contribution is 0.181. The zero-order valence-electron chi connectivity index (χ0n) is 14.6. The molecule has 1 aromatic heterocycles. The number of sulfonamides is 1. The van der Waals surface area contributed by atoms with Crippen LogP contribution in [0.3, 0.4) is 0 Å². The van der Waals surface area contributed by atoms with Gasteiger partial charge in [0.2, 0.25) is 10.0 Å². The molecule has 0 aromatic carbocycles. The Morgan fingerprint density at radius 2 is 2.32 bits per heavy atom. The number of halogens is 1. The number of nitrogens with zero attached hydrogens (tertiary/aromatic N) is 2. The molecule has 1 aliphatic heterocycles. The van der Waals surface area contributed by atoms with E-state index in [1.807, 2.05) is 14.0 Å². The lowest BCUT2D eigenvalue weighted by atomic mass is 10.1. The Morgan fingerprint density at radius 1 is 1.52 bits per heavy atom. The van der Waals surface area contributed by atoms with E-state index >= 15 is 0 Å². The molecule has 25 heavy (non-hydrogen) atoms. The highest BCUT2D eigenvalue weighted by Gasteiger charge is 2.19. The van der Waals surface area contributed by atoms with Gasteiger partial charge in [0.15, 0.2) is 5.96 Å². The van der Waals surface area contributed by atoms with E-state index in [1.165, 1.54) is 11.3 Å². The number of guanidine groups is 1. The van der Waals surface area contributed by atoms with Crippen molar-refractivity contribution in [3.05, 3.63) is 17.5 Å². The zero-order chi connectivity index (χ0) is 17.4. The Labute approximate surface area is 171 Å². The van der Waals surface area contributed by atoms with Crippen LogP contribution in [0.2, 0.25) is 0 Å². The van der Waals surface area contributed by atoms with E-state index in [4.69, 9.17) is 4.74 Å². The maximum absolute atomic E-state index is 12.0. The van der Waals surface area contributed by atoms with Gasteiger partial charge in [-0.3, -0.25) is 4.99 Å². The summed E-state index contributed by atoms with van der Waals surface area (Å²) in [6.07, 6.45) is 1.07. The molecular weight excluding hydrogens is 475 g/mol. The quantitative estimate of drug-likeness (QED) is 0.244. The molecule has 1 saturated heterocycles. The van der Waals surface area contributed by atoms with Crippen LogP contribution in [0.15, 0.2) is 26.7 Å². The average Bonchev–Trinajstić information content (AvgIpc) is 3.23. The van der Waals surface area contributed by atoms with Crippen LogP contribution in [0.4, 0.5) is 0 Å². The first-order chi connectivity index (χ1) is 11.5. The summed E-state index contributed by atoms with van der Waals surface area (Å²) >= 11 is 1.21. The van der Waals surface area contributed by atoms with Gasteiger partial charge in [0.1, 0.15) is 4.21 Å². The van der Waals surface area contributed by atoms with Gasteiger partial charge in [-0.25, -0.2) is 13.1 Å². The number of hydrogen-bond donors (Lipinski definition) is 2. The van der Waals surface area contributed by atoms with Crippen molar-refractivity contribution in [3.63, 3.8) is 0 Å². The van der Waals surface area contributed by atoms with Crippen molar-refractivity contribution >= 4 is 51.3 Å². The summed E-state index contributed by atoms with van der Waals surface area (Å²) in [7, 11) is -1.42. The largest absolute Gasteiger partial charge is 0.381 e. The molecule has 1 atom stereocenters. The van der Waals surface area contributed by atoms with Crippen LogP contribution in [0.5, 0.6) is 0 Å². The first kappa shape index (κ1) is 22.6. The van der Waals surface area contributed by atoms with Gasteiger partial charge in [0.05, 0.1) is 13.2 Å². The second-order valence-corrected chi connectivity index (χ2v) is 8.62. The number of thiophene rings is 1. The number of hydrogen-bond acceptors (Lipinski definition) is 5. The Balaban J connectivity index is 0.00000312. The maximum Gasteiger partial charge on any atom is 0.250 e. The lowest BCUT2D eigenvalue weighted by Gasteiger charge is -2.24. The highest BCUT2D eigenvalue weighted by molar-refractivity contribution is 14.0. The fourth-order valence-electron chi connectivity index (χ4n) is 2.50. The summed E-state index contributed by atoms with van der Waals surface area (Å²) in [5, 5.41) is 4.99. The third-order valence-electron chi connectivity index (χ3n) is 3.68. The molecule has 2 rings (SSSR count). The monoisotopic (exact) mass is 502 g/mol. The molecule has 0 saturated carbocycles. The molecule has 2 N–H and O–H groups in total. The zero-order valence-corrected chi connectivity index (χ0v) is 18.6. The number of aliphatic imine (C=N–C) groups is 1. The van der Waals surface area contributed by atoms with E-state index in [2.05, 4.69) is 19.9 Å². The first-order valence-electron chi connectivity index (χ1n) is 8.13. The highest BCUT2D eigenvalue weighted by atomic mass is 127. The van der Waals surface area contributed by atoms with Crippen molar-refractivity contribution in [2.75, 3.05) is 46.4 Å². The summed E-state index contributed by atoms with van der Waals surface area (Å²) in [5.74, 6) is 1.32. The van der Waals surface area contributed by atoms with Crippen LogP contribution in [0.1, 0.15) is 13.3 Å². The van der Waals surface area contributed by atoms with Gasteiger partial charge in [-0.1, -0.05) is 6.07 Å². The summed E-state index contributed by atoms with van der Waals surface area (Å²) < 4.78 is 32.4. The van der Waals surface area contributed by atoms with Crippen molar-refractivity contribution in [1.82, 2.24) is 14.9 Å². The minimum atomic E-state index is -3.42. The van der Waals surface area contributed by atoms with Crippen molar-refractivity contribution < 1.29 is 13.2 Å². The Kier molecular flexibility index (Phi) is 10.2. The predicted octanol–water partition coefficient (Wildman–Crippen LogP) is 1.58. The third kappa shape index (κ3) is 7.37. The number of ether oxygens (including phenoxy) is 1. The van der Waals surface area contributed by atoms with E-state index in [0.717, 1.165) is 38.7 Å². The van der Waals surface area contributed by atoms with Crippen LogP contribution < -0.4 is 10.0 Å². The van der Waals surface area contributed by atoms with E-state index in [0.29, 0.717) is 16.7 Å². The van der Waals surface area contributed by atoms with E-state index in [1.54, 1.807) is 17.5 Å². The van der Waals surface area contributed by atoms with Gasteiger partial charge in [0.25, 0.3) is 0 Å². The second-order valence-electron chi connectivity index (χ2n) is 5.68. The SMILES string of the molecule is CCNC(=NCCNS(=O)(=O)c1cccs1)N(C)CC1CCOC1.I. The minimum absolute atomic E-state index is 0. The predicted molar refractivity (Wildman–Crippen MR) is 112 cm³/mol. The molecule has 10 heteroatoms. The van der Waals surface area contributed by atoms with E-state index < -0.39 is 10.0 Å². The molecule has 1 fully saturated rings. The molecule has 7 nitrogen and oxygen atoms in total. The first-order valence-corrected chi connectivity index (χ1v) is 10.5. The molecule has 2 heterocycles. The molecule has 1 aromatic rings. The van der Waals surface area contributed by atoms with Crippen LogP contribution in [-0.2, 0) is 14.8 Å².